The number of aliphatic imine (C=N–C) groups is 1. The fraction of sp³-hybridized carbons (Fsp3) is 0.111. The summed E-state index contributed by atoms with van der Waals surface area (Å²) in [5, 5.41) is 0. The van der Waals surface area contributed by atoms with Gasteiger partial charge in [-0.2, -0.15) is 0 Å². The van der Waals surface area contributed by atoms with Gasteiger partial charge in [-0.05, 0) is 48.9 Å². The van der Waals surface area contributed by atoms with Gasteiger partial charge in [0.2, 0.25) is 0 Å². The minimum atomic E-state index is -0.390. The van der Waals surface area contributed by atoms with Crippen LogP contribution in [0.15, 0.2) is 58.0 Å². The van der Waals surface area contributed by atoms with Crippen molar-refractivity contribution in [1.29, 1.82) is 0 Å². The van der Waals surface area contributed by atoms with E-state index in [4.69, 9.17) is 4.74 Å². The summed E-state index contributed by atoms with van der Waals surface area (Å²) in [5.74, 6) is -0.736. The van der Waals surface area contributed by atoms with Gasteiger partial charge in [-0.3, -0.25) is 4.99 Å². The van der Waals surface area contributed by atoms with Crippen molar-refractivity contribution in [2.45, 2.75) is 6.92 Å². The lowest BCUT2D eigenvalue weighted by molar-refractivity contribution is -0.137. The maximum Gasteiger partial charge on any atom is 0.330 e. The molecule has 0 radical (unpaired) electrons. The Balaban J connectivity index is 2.13. The van der Waals surface area contributed by atoms with Crippen molar-refractivity contribution in [1.82, 2.24) is 0 Å². The van der Waals surface area contributed by atoms with Crippen LogP contribution in [-0.4, -0.2) is 18.8 Å². The summed E-state index contributed by atoms with van der Waals surface area (Å²) < 4.78 is 19.2. The molecule has 0 aliphatic heterocycles. The van der Waals surface area contributed by atoms with Crippen LogP contribution in [0.1, 0.15) is 18.1 Å². The average molecular weight is 376 g/mol. The van der Waals surface area contributed by atoms with E-state index in [0.717, 1.165) is 5.56 Å². The van der Waals surface area contributed by atoms with Crippen molar-refractivity contribution in [3.05, 3.63) is 70.0 Å². The maximum atomic E-state index is 13.7. The first-order valence-corrected chi connectivity index (χ1v) is 7.82. The third kappa shape index (κ3) is 5.45. The second-order valence-electron chi connectivity index (χ2n) is 4.60. The largest absolute Gasteiger partial charge is 0.463 e. The number of carbonyl (C=O) groups is 1. The van der Waals surface area contributed by atoms with Gasteiger partial charge in [0.05, 0.1) is 12.3 Å². The van der Waals surface area contributed by atoms with Crippen molar-refractivity contribution < 1.29 is 13.9 Å². The molecule has 0 amide bonds. The van der Waals surface area contributed by atoms with E-state index in [1.54, 1.807) is 37.3 Å². The van der Waals surface area contributed by atoms with Crippen molar-refractivity contribution in [3.8, 4) is 0 Å². The summed E-state index contributed by atoms with van der Waals surface area (Å²) >= 11 is 3.21. The lowest BCUT2D eigenvalue weighted by atomic mass is 10.2. The Morgan fingerprint density at radius 2 is 2.13 bits per heavy atom. The molecule has 0 aromatic heterocycles. The van der Waals surface area contributed by atoms with Crippen LogP contribution in [0.2, 0.25) is 0 Å². The molecule has 118 valence electrons. The van der Waals surface area contributed by atoms with Crippen LogP contribution >= 0.6 is 15.9 Å². The van der Waals surface area contributed by atoms with Gasteiger partial charge in [-0.15, -0.1) is 0 Å². The predicted molar refractivity (Wildman–Crippen MR) is 93.5 cm³/mol. The fourth-order valence-corrected chi connectivity index (χ4v) is 2.15. The standard InChI is InChI=1S/C18H15BrFNO2/c1-2-23-18(22)9-6-13-4-3-5-16(10-13)21-12-14-7-8-15(19)11-17(14)20/h3-12H,2H2,1H3/b9-6+,21-12+. The van der Waals surface area contributed by atoms with Crippen molar-refractivity contribution in [2.24, 2.45) is 4.99 Å². The number of ether oxygens (including phenoxy) is 1. The lowest BCUT2D eigenvalue weighted by Crippen LogP contribution is -1.98. The van der Waals surface area contributed by atoms with Crippen LogP contribution in [0.4, 0.5) is 10.1 Å². The molecule has 0 N–H and O–H groups in total. The fourth-order valence-electron chi connectivity index (χ4n) is 1.81. The van der Waals surface area contributed by atoms with Gasteiger partial charge in [-0.25, -0.2) is 9.18 Å². The minimum Gasteiger partial charge on any atom is -0.463 e. The van der Waals surface area contributed by atoms with E-state index in [1.165, 1.54) is 18.4 Å². The molecular weight excluding hydrogens is 361 g/mol. The van der Waals surface area contributed by atoms with Crippen molar-refractivity contribution in [2.75, 3.05) is 6.61 Å². The SMILES string of the molecule is CCOC(=O)/C=C/c1cccc(/N=C/c2ccc(Br)cc2F)c1. The van der Waals surface area contributed by atoms with Crippen molar-refractivity contribution >= 4 is 39.9 Å². The zero-order valence-corrected chi connectivity index (χ0v) is 14.1. The summed E-state index contributed by atoms with van der Waals surface area (Å²) in [6, 6.07) is 12.0. The second-order valence-corrected chi connectivity index (χ2v) is 5.52. The first-order chi connectivity index (χ1) is 11.1. The summed E-state index contributed by atoms with van der Waals surface area (Å²) in [5.41, 5.74) is 1.88. The van der Waals surface area contributed by atoms with Crippen LogP contribution in [-0.2, 0) is 9.53 Å². The zero-order valence-electron chi connectivity index (χ0n) is 12.5. The first-order valence-electron chi connectivity index (χ1n) is 7.02. The van der Waals surface area contributed by atoms with Crippen LogP contribution in [0.3, 0.4) is 0 Å². The number of nitrogens with zero attached hydrogens (tertiary/aromatic N) is 1. The van der Waals surface area contributed by atoms with E-state index in [9.17, 15) is 9.18 Å². The Labute approximate surface area is 142 Å². The topological polar surface area (TPSA) is 38.7 Å². The van der Waals surface area contributed by atoms with E-state index in [2.05, 4.69) is 20.9 Å². The molecule has 0 unspecified atom stereocenters. The molecule has 0 aliphatic rings. The van der Waals surface area contributed by atoms with Gasteiger partial charge >= 0.3 is 5.97 Å². The second kappa shape index (κ2) is 8.39. The first kappa shape index (κ1) is 17.1. The molecule has 5 heteroatoms. The Morgan fingerprint density at radius 3 is 2.87 bits per heavy atom. The number of benzene rings is 2. The van der Waals surface area contributed by atoms with Crippen molar-refractivity contribution in [3.63, 3.8) is 0 Å². The third-order valence-corrected chi connectivity index (χ3v) is 3.38. The number of esters is 1. The summed E-state index contributed by atoms with van der Waals surface area (Å²) in [7, 11) is 0. The van der Waals surface area contributed by atoms with Crippen LogP contribution in [0, 0.1) is 5.82 Å². The van der Waals surface area contributed by atoms with Gasteiger partial charge in [-0.1, -0.05) is 28.1 Å². The van der Waals surface area contributed by atoms with E-state index in [-0.39, 0.29) is 5.82 Å². The Morgan fingerprint density at radius 1 is 1.30 bits per heavy atom. The summed E-state index contributed by atoms with van der Waals surface area (Å²) in [4.78, 5) is 15.6. The highest BCUT2D eigenvalue weighted by Gasteiger charge is 2.00. The third-order valence-electron chi connectivity index (χ3n) is 2.88. The molecule has 3 nitrogen and oxygen atoms in total. The van der Waals surface area contributed by atoms with Crippen LogP contribution in [0.25, 0.3) is 6.08 Å². The van der Waals surface area contributed by atoms with Crippen LogP contribution in [0.5, 0.6) is 0 Å². The quantitative estimate of drug-likeness (QED) is 0.422. The highest BCUT2D eigenvalue weighted by molar-refractivity contribution is 9.10. The summed E-state index contributed by atoms with van der Waals surface area (Å²) in [6.45, 7) is 2.09. The number of rotatable bonds is 5. The average Bonchev–Trinajstić information content (AvgIpc) is 2.53. The van der Waals surface area contributed by atoms with Gasteiger partial charge in [0, 0.05) is 22.3 Å². The smallest absolute Gasteiger partial charge is 0.330 e. The van der Waals surface area contributed by atoms with Crippen LogP contribution < -0.4 is 0 Å². The molecule has 0 saturated carbocycles. The molecule has 23 heavy (non-hydrogen) atoms. The molecule has 2 aromatic rings. The molecular formula is C18H15BrFNO2. The monoisotopic (exact) mass is 375 g/mol. The lowest BCUT2D eigenvalue weighted by Gasteiger charge is -1.99. The molecule has 0 spiro atoms. The number of halogens is 2. The Bertz CT molecular complexity index is 756. The molecule has 0 atom stereocenters. The highest BCUT2D eigenvalue weighted by atomic mass is 79.9. The number of hydrogen-bond donors (Lipinski definition) is 0. The number of carbonyl (C=O) groups excluding carboxylic acids is 1. The zero-order chi connectivity index (χ0) is 16.7. The molecule has 0 aliphatic carbocycles. The molecule has 0 saturated heterocycles. The number of hydrogen-bond acceptors (Lipinski definition) is 3. The highest BCUT2D eigenvalue weighted by Crippen LogP contribution is 2.17. The van der Waals surface area contributed by atoms with E-state index in [1.807, 2.05) is 12.1 Å². The molecule has 0 heterocycles. The van der Waals surface area contributed by atoms with Gasteiger partial charge in [0.1, 0.15) is 5.82 Å². The minimum absolute atomic E-state index is 0.340. The molecule has 0 fully saturated rings. The Hall–Kier alpha value is -2.27. The Kier molecular flexibility index (Phi) is 6.23. The molecule has 2 aromatic carbocycles. The predicted octanol–water partition coefficient (Wildman–Crippen LogP) is 4.92. The molecule has 0 bridgehead atoms. The van der Waals surface area contributed by atoms with E-state index >= 15 is 0 Å². The normalized spacial score (nSPS) is 11.3. The maximum absolute atomic E-state index is 13.7. The summed E-state index contributed by atoms with van der Waals surface area (Å²) in [6.07, 6.45) is 4.48. The van der Waals surface area contributed by atoms with Gasteiger partial charge in [0.15, 0.2) is 0 Å². The van der Waals surface area contributed by atoms with E-state index in [0.29, 0.717) is 22.3 Å². The molecule has 2 rings (SSSR count). The van der Waals surface area contributed by atoms with Gasteiger partial charge in [0.25, 0.3) is 0 Å². The van der Waals surface area contributed by atoms with E-state index < -0.39 is 5.97 Å². The van der Waals surface area contributed by atoms with Gasteiger partial charge < -0.3 is 4.74 Å².